The molecule has 4 N–H and O–H groups in total. The molecule has 1 saturated heterocycles. The highest BCUT2D eigenvalue weighted by Gasteiger charge is 2.47. The minimum Gasteiger partial charge on any atom is -0.458 e. The van der Waals surface area contributed by atoms with Crippen LogP contribution in [-0.4, -0.2) is 12.3 Å². The maximum absolute atomic E-state index is 9.46. The largest absolute Gasteiger partial charge is 0.458 e. The Kier molecular flexibility index (Phi) is 3.35. The van der Waals surface area contributed by atoms with Crippen LogP contribution in [0.15, 0.2) is 41.8 Å². The van der Waals surface area contributed by atoms with Crippen molar-refractivity contribution in [3.63, 3.8) is 0 Å². The maximum Gasteiger partial charge on any atom is 0.200 e. The first kappa shape index (κ1) is 13.0. The fourth-order valence-corrected chi connectivity index (χ4v) is 3.20. The van der Waals surface area contributed by atoms with E-state index in [1.54, 1.807) is 0 Å². The van der Waals surface area contributed by atoms with Gasteiger partial charge in [0, 0.05) is 17.9 Å². The van der Waals surface area contributed by atoms with Gasteiger partial charge in [0.2, 0.25) is 5.88 Å². The zero-order valence-electron chi connectivity index (χ0n) is 11.3. The van der Waals surface area contributed by atoms with Gasteiger partial charge >= 0.3 is 0 Å². The van der Waals surface area contributed by atoms with Crippen molar-refractivity contribution in [3.8, 4) is 6.07 Å². The summed E-state index contributed by atoms with van der Waals surface area (Å²) in [5.74, 6) is 0.352. The number of nitrogens with zero attached hydrogens (tertiary/aromatic N) is 1. The van der Waals surface area contributed by atoms with E-state index in [9.17, 15) is 5.26 Å². The van der Waals surface area contributed by atoms with Gasteiger partial charge in [0.1, 0.15) is 6.07 Å². The highest BCUT2D eigenvalue weighted by atomic mass is 16.5. The van der Waals surface area contributed by atoms with Crippen molar-refractivity contribution in [2.45, 2.75) is 31.5 Å². The van der Waals surface area contributed by atoms with Gasteiger partial charge in [-0.15, -0.1) is 0 Å². The highest BCUT2D eigenvalue weighted by molar-refractivity contribution is 5.41. The van der Waals surface area contributed by atoms with E-state index < -0.39 is 0 Å². The molecule has 2 aliphatic rings. The van der Waals surface area contributed by atoms with Crippen LogP contribution in [0.25, 0.3) is 0 Å². The second kappa shape index (κ2) is 5.16. The molecule has 4 unspecified atom stereocenters. The van der Waals surface area contributed by atoms with Gasteiger partial charge in [0.05, 0.1) is 5.57 Å². The molecule has 0 aliphatic carbocycles. The Morgan fingerprint density at radius 1 is 1.30 bits per heavy atom. The van der Waals surface area contributed by atoms with E-state index in [2.05, 4.69) is 23.8 Å². The molecule has 2 heterocycles. The van der Waals surface area contributed by atoms with E-state index in [4.69, 9.17) is 10.5 Å². The van der Waals surface area contributed by atoms with Crippen LogP contribution in [0.3, 0.4) is 0 Å². The van der Waals surface area contributed by atoms with E-state index in [0.717, 1.165) is 12.0 Å². The molecule has 0 aromatic heterocycles. The molecule has 1 fully saturated rings. The number of hydrazine groups is 1. The third-order valence-electron chi connectivity index (χ3n) is 4.16. The van der Waals surface area contributed by atoms with Crippen molar-refractivity contribution < 1.29 is 4.74 Å². The molecule has 0 saturated carbocycles. The van der Waals surface area contributed by atoms with Gasteiger partial charge in [-0.05, 0) is 12.0 Å². The van der Waals surface area contributed by atoms with Crippen LogP contribution in [0, 0.1) is 17.2 Å². The number of nitriles is 1. The molecular weight excluding hydrogens is 252 g/mol. The van der Waals surface area contributed by atoms with Crippen LogP contribution >= 0.6 is 0 Å². The monoisotopic (exact) mass is 270 g/mol. The molecule has 0 amide bonds. The van der Waals surface area contributed by atoms with Crippen molar-refractivity contribution in [1.29, 1.82) is 5.26 Å². The van der Waals surface area contributed by atoms with Gasteiger partial charge in [-0.25, -0.2) is 5.43 Å². The quantitative estimate of drug-likeness (QED) is 0.755. The van der Waals surface area contributed by atoms with Crippen LogP contribution in [0.2, 0.25) is 0 Å². The van der Waals surface area contributed by atoms with Gasteiger partial charge in [-0.2, -0.15) is 5.26 Å². The zero-order chi connectivity index (χ0) is 14.1. The van der Waals surface area contributed by atoms with E-state index in [1.807, 2.05) is 30.3 Å². The van der Waals surface area contributed by atoms with Crippen molar-refractivity contribution in [2.24, 2.45) is 11.7 Å². The summed E-state index contributed by atoms with van der Waals surface area (Å²) in [6, 6.07) is 12.5. The highest BCUT2D eigenvalue weighted by Crippen LogP contribution is 2.43. The number of benzene rings is 1. The Bertz CT molecular complexity index is 563. The molecule has 5 nitrogen and oxygen atoms in total. The first-order chi connectivity index (χ1) is 9.76. The SMILES string of the molecule is CCC1NNC2OC(N)=C(C#N)C(c3ccccc3)C12. The van der Waals surface area contributed by atoms with Gasteiger partial charge < -0.3 is 10.5 Å². The van der Waals surface area contributed by atoms with E-state index in [1.165, 1.54) is 0 Å². The molecule has 0 radical (unpaired) electrons. The van der Waals surface area contributed by atoms with E-state index in [0.29, 0.717) is 5.57 Å². The van der Waals surface area contributed by atoms with Gasteiger partial charge in [0.15, 0.2) is 6.23 Å². The summed E-state index contributed by atoms with van der Waals surface area (Å²) in [6.45, 7) is 2.12. The van der Waals surface area contributed by atoms with Crippen molar-refractivity contribution in [2.75, 3.05) is 0 Å². The summed E-state index contributed by atoms with van der Waals surface area (Å²) >= 11 is 0. The number of nitrogens with one attached hydrogen (secondary N) is 2. The molecular formula is C15H18N4O. The smallest absolute Gasteiger partial charge is 0.200 e. The number of nitrogens with two attached hydrogens (primary N) is 1. The fourth-order valence-electron chi connectivity index (χ4n) is 3.20. The van der Waals surface area contributed by atoms with Crippen molar-refractivity contribution in [3.05, 3.63) is 47.4 Å². The Hall–Kier alpha value is -2.03. The number of hydrogen-bond donors (Lipinski definition) is 3. The van der Waals surface area contributed by atoms with Gasteiger partial charge in [0.25, 0.3) is 0 Å². The van der Waals surface area contributed by atoms with E-state index >= 15 is 0 Å². The molecule has 20 heavy (non-hydrogen) atoms. The Morgan fingerprint density at radius 3 is 2.70 bits per heavy atom. The third kappa shape index (κ3) is 1.94. The summed E-state index contributed by atoms with van der Waals surface area (Å²) in [5.41, 5.74) is 13.9. The maximum atomic E-state index is 9.46. The molecule has 0 spiro atoms. The topological polar surface area (TPSA) is 83.1 Å². The molecule has 104 valence electrons. The van der Waals surface area contributed by atoms with Crippen LogP contribution in [-0.2, 0) is 4.74 Å². The predicted molar refractivity (Wildman–Crippen MR) is 74.7 cm³/mol. The molecule has 3 rings (SSSR count). The molecule has 5 heteroatoms. The van der Waals surface area contributed by atoms with Gasteiger partial charge in [-0.1, -0.05) is 37.3 Å². The Balaban J connectivity index is 2.09. The Morgan fingerprint density at radius 2 is 2.05 bits per heavy atom. The lowest BCUT2D eigenvalue weighted by molar-refractivity contribution is 0.0340. The lowest BCUT2D eigenvalue weighted by atomic mass is 9.75. The summed E-state index contributed by atoms with van der Waals surface area (Å²) in [6.07, 6.45) is 0.765. The van der Waals surface area contributed by atoms with Gasteiger partial charge in [-0.3, -0.25) is 5.43 Å². The molecule has 2 aliphatic heterocycles. The van der Waals surface area contributed by atoms with Crippen molar-refractivity contribution >= 4 is 0 Å². The zero-order valence-corrected chi connectivity index (χ0v) is 11.3. The number of fused-ring (bicyclic) bond motifs is 1. The molecule has 0 bridgehead atoms. The normalized spacial score (nSPS) is 32.4. The second-order valence-electron chi connectivity index (χ2n) is 5.20. The fraction of sp³-hybridized carbons (Fsp3) is 0.400. The van der Waals surface area contributed by atoms with E-state index in [-0.39, 0.29) is 30.0 Å². The minimum atomic E-state index is -0.192. The second-order valence-corrected chi connectivity index (χ2v) is 5.20. The predicted octanol–water partition coefficient (Wildman–Crippen LogP) is 1.32. The first-order valence-electron chi connectivity index (χ1n) is 6.88. The number of allylic oxidation sites excluding steroid dienone is 1. The number of ether oxygens (including phenoxy) is 1. The molecule has 1 aromatic carbocycles. The number of rotatable bonds is 2. The summed E-state index contributed by atoms with van der Waals surface area (Å²) in [5, 5.41) is 9.46. The Labute approximate surface area is 118 Å². The molecule has 1 aromatic rings. The summed E-state index contributed by atoms with van der Waals surface area (Å²) in [7, 11) is 0. The van der Waals surface area contributed by atoms with Crippen LogP contribution in [0.4, 0.5) is 0 Å². The standard InChI is InChI=1S/C15H18N4O/c1-2-11-13-12(9-6-4-3-5-7-9)10(8-16)14(17)20-15(13)19-18-11/h3-7,11-13,15,18-19H,2,17H2,1H3. The third-order valence-corrected chi connectivity index (χ3v) is 4.16. The molecule has 4 atom stereocenters. The minimum absolute atomic E-state index is 0.0348. The van der Waals surface area contributed by atoms with Crippen molar-refractivity contribution in [1.82, 2.24) is 10.9 Å². The average molecular weight is 270 g/mol. The summed E-state index contributed by atoms with van der Waals surface area (Å²) in [4.78, 5) is 0. The lowest BCUT2D eigenvalue weighted by Crippen LogP contribution is -2.41. The summed E-state index contributed by atoms with van der Waals surface area (Å²) < 4.78 is 5.66. The lowest BCUT2D eigenvalue weighted by Gasteiger charge is -2.35. The first-order valence-corrected chi connectivity index (χ1v) is 6.88. The van der Waals surface area contributed by atoms with Crippen LogP contribution < -0.4 is 16.6 Å². The average Bonchev–Trinajstić information content (AvgIpc) is 2.89. The van der Waals surface area contributed by atoms with Crippen LogP contribution in [0.5, 0.6) is 0 Å². The number of hydrogen-bond acceptors (Lipinski definition) is 5. The van der Waals surface area contributed by atoms with Crippen LogP contribution in [0.1, 0.15) is 24.8 Å².